The van der Waals surface area contributed by atoms with Crippen molar-refractivity contribution in [3.63, 3.8) is 0 Å². The molecule has 2 aromatic heterocycles. The molecule has 0 aliphatic heterocycles. The smallest absolute Gasteiger partial charge is 0.347 e. The first-order chi connectivity index (χ1) is 7.65. The molecule has 0 bridgehead atoms. The fourth-order valence-electron chi connectivity index (χ4n) is 1.33. The van der Waals surface area contributed by atoms with Gasteiger partial charge in [-0.3, -0.25) is 4.57 Å². The van der Waals surface area contributed by atoms with Crippen molar-refractivity contribution in [1.82, 2.24) is 14.5 Å². The highest BCUT2D eigenvalue weighted by Gasteiger charge is 2.00. The van der Waals surface area contributed by atoms with Crippen molar-refractivity contribution >= 4 is 17.4 Å². The second-order valence-electron chi connectivity index (χ2n) is 3.27. The standard InChI is InChI=1S/C10H9ClN4O/c11-8-4-14-10(16)15(6-8)5-7-1-2-13-9(12)3-7/h1-4,6H,5H2,(H2,12,13). The minimum atomic E-state index is -0.347. The Kier molecular flexibility index (Phi) is 2.87. The minimum Gasteiger partial charge on any atom is -0.384 e. The average Bonchev–Trinajstić information content (AvgIpc) is 2.24. The summed E-state index contributed by atoms with van der Waals surface area (Å²) < 4.78 is 1.41. The van der Waals surface area contributed by atoms with Gasteiger partial charge in [0.05, 0.1) is 17.8 Å². The molecule has 2 heterocycles. The Balaban J connectivity index is 2.34. The Bertz CT molecular complexity index is 567. The third-order valence-electron chi connectivity index (χ3n) is 2.02. The molecule has 0 atom stereocenters. The Hall–Kier alpha value is -1.88. The quantitative estimate of drug-likeness (QED) is 0.842. The zero-order valence-corrected chi connectivity index (χ0v) is 9.05. The van der Waals surface area contributed by atoms with Crippen LogP contribution in [0.5, 0.6) is 0 Å². The SMILES string of the molecule is Nc1cc(Cn2cc(Cl)cnc2=O)ccn1. The molecule has 0 saturated heterocycles. The van der Waals surface area contributed by atoms with E-state index in [1.54, 1.807) is 18.3 Å². The van der Waals surface area contributed by atoms with Crippen LogP contribution in [0.3, 0.4) is 0 Å². The normalized spacial score (nSPS) is 10.3. The second kappa shape index (κ2) is 4.32. The van der Waals surface area contributed by atoms with Crippen molar-refractivity contribution in [2.45, 2.75) is 6.54 Å². The summed E-state index contributed by atoms with van der Waals surface area (Å²) in [6, 6.07) is 3.48. The van der Waals surface area contributed by atoms with Crippen LogP contribution in [0, 0.1) is 0 Å². The van der Waals surface area contributed by atoms with Gasteiger partial charge in [0.1, 0.15) is 5.82 Å². The fourth-order valence-corrected chi connectivity index (χ4v) is 1.50. The van der Waals surface area contributed by atoms with Crippen molar-refractivity contribution in [3.05, 3.63) is 51.8 Å². The van der Waals surface area contributed by atoms with Crippen LogP contribution in [0.1, 0.15) is 5.56 Å². The van der Waals surface area contributed by atoms with Gasteiger partial charge in [-0.25, -0.2) is 14.8 Å². The lowest BCUT2D eigenvalue weighted by molar-refractivity contribution is 0.726. The molecule has 2 N–H and O–H groups in total. The van der Waals surface area contributed by atoms with Crippen LogP contribution in [-0.4, -0.2) is 14.5 Å². The van der Waals surface area contributed by atoms with E-state index in [0.29, 0.717) is 17.4 Å². The van der Waals surface area contributed by atoms with Gasteiger partial charge in [-0.05, 0) is 17.7 Å². The second-order valence-corrected chi connectivity index (χ2v) is 3.71. The molecular weight excluding hydrogens is 228 g/mol. The lowest BCUT2D eigenvalue weighted by atomic mass is 10.2. The van der Waals surface area contributed by atoms with E-state index in [1.807, 2.05) is 0 Å². The zero-order chi connectivity index (χ0) is 11.5. The number of rotatable bonds is 2. The van der Waals surface area contributed by atoms with E-state index < -0.39 is 0 Å². The molecule has 2 rings (SSSR count). The number of hydrogen-bond acceptors (Lipinski definition) is 4. The van der Waals surface area contributed by atoms with Crippen LogP contribution in [0.2, 0.25) is 5.02 Å². The summed E-state index contributed by atoms with van der Waals surface area (Å²) in [5.74, 6) is 0.417. The Morgan fingerprint density at radius 3 is 3.00 bits per heavy atom. The van der Waals surface area contributed by atoms with Crippen LogP contribution in [0.4, 0.5) is 5.82 Å². The van der Waals surface area contributed by atoms with Crippen LogP contribution in [0.25, 0.3) is 0 Å². The first-order valence-corrected chi connectivity index (χ1v) is 4.95. The molecule has 0 saturated carbocycles. The summed E-state index contributed by atoms with van der Waals surface area (Å²) in [5.41, 5.74) is 6.07. The number of pyridine rings is 1. The van der Waals surface area contributed by atoms with Gasteiger partial charge in [0.15, 0.2) is 0 Å². The van der Waals surface area contributed by atoms with E-state index in [1.165, 1.54) is 17.0 Å². The van der Waals surface area contributed by atoms with E-state index in [4.69, 9.17) is 17.3 Å². The Morgan fingerprint density at radius 2 is 2.25 bits per heavy atom. The van der Waals surface area contributed by atoms with Crippen LogP contribution in [0.15, 0.2) is 35.5 Å². The third kappa shape index (κ3) is 2.38. The van der Waals surface area contributed by atoms with Crippen molar-refractivity contribution in [1.29, 1.82) is 0 Å². The molecule has 0 aliphatic carbocycles. The number of nitrogens with two attached hydrogens (primary N) is 1. The summed E-state index contributed by atoms with van der Waals surface area (Å²) in [6.07, 6.45) is 4.45. The van der Waals surface area contributed by atoms with E-state index in [9.17, 15) is 4.79 Å². The number of nitrogen functional groups attached to an aromatic ring is 1. The molecular formula is C10H9ClN4O. The molecule has 2 aromatic rings. The predicted octanol–water partition coefficient (Wildman–Crippen LogP) is 0.922. The maximum Gasteiger partial charge on any atom is 0.347 e. The molecule has 16 heavy (non-hydrogen) atoms. The van der Waals surface area contributed by atoms with E-state index in [2.05, 4.69) is 9.97 Å². The highest BCUT2D eigenvalue weighted by molar-refractivity contribution is 6.30. The topological polar surface area (TPSA) is 73.8 Å². The summed E-state index contributed by atoms with van der Waals surface area (Å²) >= 11 is 5.76. The van der Waals surface area contributed by atoms with Gasteiger partial charge >= 0.3 is 5.69 Å². The van der Waals surface area contributed by atoms with Crippen molar-refractivity contribution in [3.8, 4) is 0 Å². The molecule has 0 fully saturated rings. The molecule has 0 spiro atoms. The number of hydrogen-bond donors (Lipinski definition) is 1. The molecule has 5 nitrogen and oxygen atoms in total. The van der Waals surface area contributed by atoms with Crippen molar-refractivity contribution < 1.29 is 0 Å². The first-order valence-electron chi connectivity index (χ1n) is 4.57. The number of anilines is 1. The van der Waals surface area contributed by atoms with Gasteiger partial charge in [0.25, 0.3) is 0 Å². The van der Waals surface area contributed by atoms with E-state index in [-0.39, 0.29) is 5.69 Å². The average molecular weight is 237 g/mol. The van der Waals surface area contributed by atoms with Gasteiger partial charge in [-0.2, -0.15) is 0 Å². The molecule has 82 valence electrons. The van der Waals surface area contributed by atoms with Gasteiger partial charge < -0.3 is 5.73 Å². The summed E-state index contributed by atoms with van der Waals surface area (Å²) in [7, 11) is 0. The molecule has 0 amide bonds. The Labute approximate surface area is 96.5 Å². The Morgan fingerprint density at radius 1 is 1.44 bits per heavy atom. The summed E-state index contributed by atoms with van der Waals surface area (Å²) in [4.78, 5) is 18.9. The van der Waals surface area contributed by atoms with Gasteiger partial charge in [-0.15, -0.1) is 0 Å². The zero-order valence-electron chi connectivity index (χ0n) is 8.30. The number of nitrogens with zero attached hydrogens (tertiary/aromatic N) is 3. The van der Waals surface area contributed by atoms with E-state index >= 15 is 0 Å². The summed E-state index contributed by atoms with van der Waals surface area (Å²) in [6.45, 7) is 0.374. The first kappa shape index (κ1) is 10.6. The maximum atomic E-state index is 11.4. The molecule has 0 aromatic carbocycles. The highest BCUT2D eigenvalue weighted by Crippen LogP contribution is 2.06. The van der Waals surface area contributed by atoms with Crippen LogP contribution < -0.4 is 11.4 Å². The lowest BCUT2D eigenvalue weighted by Crippen LogP contribution is -2.22. The molecule has 0 unspecified atom stereocenters. The molecule has 6 heteroatoms. The monoisotopic (exact) mass is 236 g/mol. The van der Waals surface area contributed by atoms with Gasteiger partial charge in [0, 0.05) is 12.4 Å². The minimum absolute atomic E-state index is 0.347. The summed E-state index contributed by atoms with van der Waals surface area (Å²) in [5, 5.41) is 0.418. The van der Waals surface area contributed by atoms with Crippen molar-refractivity contribution in [2.24, 2.45) is 0 Å². The van der Waals surface area contributed by atoms with Crippen LogP contribution in [-0.2, 0) is 6.54 Å². The van der Waals surface area contributed by atoms with Crippen molar-refractivity contribution in [2.75, 3.05) is 5.73 Å². The fraction of sp³-hybridized carbons (Fsp3) is 0.100. The highest BCUT2D eigenvalue weighted by atomic mass is 35.5. The number of halogens is 1. The third-order valence-corrected chi connectivity index (χ3v) is 2.22. The lowest BCUT2D eigenvalue weighted by Gasteiger charge is -2.05. The number of aromatic nitrogens is 3. The van der Waals surface area contributed by atoms with Gasteiger partial charge in [0.2, 0.25) is 0 Å². The largest absolute Gasteiger partial charge is 0.384 e. The van der Waals surface area contributed by atoms with Gasteiger partial charge in [-0.1, -0.05) is 11.6 Å². The predicted molar refractivity (Wildman–Crippen MR) is 61.3 cm³/mol. The molecule has 0 radical (unpaired) electrons. The maximum absolute atomic E-state index is 11.4. The van der Waals surface area contributed by atoms with E-state index in [0.717, 1.165) is 5.56 Å². The van der Waals surface area contributed by atoms with Crippen LogP contribution >= 0.6 is 11.6 Å². The molecule has 0 aliphatic rings.